The lowest BCUT2D eigenvalue weighted by molar-refractivity contribution is 0.102. The van der Waals surface area contributed by atoms with Crippen LogP contribution < -0.4 is 10.9 Å². The third-order valence-electron chi connectivity index (χ3n) is 3.60. The van der Waals surface area contributed by atoms with Gasteiger partial charge in [0.05, 0.1) is 0 Å². The topological polar surface area (TPSA) is 66.1 Å². The quantitative estimate of drug-likeness (QED) is 0.731. The average Bonchev–Trinajstić information content (AvgIpc) is 2.49. The van der Waals surface area contributed by atoms with Crippen molar-refractivity contribution < 1.29 is 9.21 Å². The monoisotopic (exact) mass is 326 g/mol. The van der Waals surface area contributed by atoms with Gasteiger partial charge in [0.15, 0.2) is 0 Å². The van der Waals surface area contributed by atoms with Crippen LogP contribution in [0.3, 0.4) is 0 Å². The van der Waals surface area contributed by atoms with Crippen LogP contribution in [0.4, 0.5) is 5.69 Å². The van der Waals surface area contributed by atoms with E-state index in [1.165, 1.54) is 0 Å². The Hall–Kier alpha value is -2.59. The molecule has 0 aliphatic carbocycles. The molecule has 0 aliphatic heterocycles. The lowest BCUT2D eigenvalue weighted by Crippen LogP contribution is -2.21. The Morgan fingerprint density at radius 3 is 2.65 bits per heavy atom. The van der Waals surface area contributed by atoms with Crippen LogP contribution in [0.25, 0.3) is 11.0 Å². The number of fused-ring (bicyclic) bond motifs is 1. The fourth-order valence-corrected chi connectivity index (χ4v) is 2.60. The van der Waals surface area contributed by atoms with Crippen LogP contribution in [-0.4, -0.2) is 5.91 Å². The molecule has 0 saturated heterocycles. The molecule has 5 heteroatoms. The fourth-order valence-electron chi connectivity index (χ4n) is 2.42. The fraction of sp³-hybridized carbons (Fsp3) is 0.111. The molecular formula is C18H15ClN2O2. The van der Waals surface area contributed by atoms with Crippen molar-refractivity contribution in [1.82, 2.24) is 0 Å². The summed E-state index contributed by atoms with van der Waals surface area (Å²) in [5, 5.41) is 12.0. The molecule has 0 spiro atoms. The Bertz CT molecular complexity index is 976. The van der Waals surface area contributed by atoms with Gasteiger partial charge in [-0.15, -0.1) is 0 Å². The Morgan fingerprint density at radius 1 is 1.13 bits per heavy atom. The van der Waals surface area contributed by atoms with E-state index in [4.69, 9.17) is 21.4 Å². The molecule has 0 radical (unpaired) electrons. The smallest absolute Gasteiger partial charge is 0.261 e. The van der Waals surface area contributed by atoms with Gasteiger partial charge in [-0.25, -0.2) is 0 Å². The number of nitrogens with one attached hydrogen (secondary N) is 2. The summed E-state index contributed by atoms with van der Waals surface area (Å²) in [6.07, 6.45) is 0. The molecule has 1 heterocycles. The van der Waals surface area contributed by atoms with Crippen LogP contribution >= 0.6 is 11.6 Å². The van der Waals surface area contributed by atoms with E-state index in [9.17, 15) is 4.79 Å². The molecule has 3 aromatic rings. The van der Waals surface area contributed by atoms with E-state index in [-0.39, 0.29) is 17.0 Å². The molecule has 1 aromatic heterocycles. The van der Waals surface area contributed by atoms with Crippen molar-refractivity contribution in [2.24, 2.45) is 0 Å². The molecule has 0 saturated carbocycles. The summed E-state index contributed by atoms with van der Waals surface area (Å²) in [5.41, 5.74) is 3.30. The second-order valence-electron chi connectivity index (χ2n) is 5.44. The molecule has 0 unspecified atom stereocenters. The Balaban J connectivity index is 2.00. The highest BCUT2D eigenvalue weighted by Crippen LogP contribution is 2.20. The third-order valence-corrected chi connectivity index (χ3v) is 3.84. The van der Waals surface area contributed by atoms with Gasteiger partial charge in [0.1, 0.15) is 11.1 Å². The van der Waals surface area contributed by atoms with Gasteiger partial charge >= 0.3 is 0 Å². The lowest BCUT2D eigenvalue weighted by atomic mass is 10.1. The summed E-state index contributed by atoms with van der Waals surface area (Å²) in [6, 6.07) is 12.4. The number of hydrogen-bond donors (Lipinski definition) is 2. The number of hydrogen-bond acceptors (Lipinski definition) is 3. The predicted molar refractivity (Wildman–Crippen MR) is 90.9 cm³/mol. The van der Waals surface area contributed by atoms with Crippen molar-refractivity contribution in [3.8, 4) is 0 Å². The highest BCUT2D eigenvalue weighted by atomic mass is 35.5. The van der Waals surface area contributed by atoms with Gasteiger partial charge in [0.2, 0.25) is 5.55 Å². The lowest BCUT2D eigenvalue weighted by Gasteiger charge is -2.09. The predicted octanol–water partition coefficient (Wildman–Crippen LogP) is 4.43. The van der Waals surface area contributed by atoms with E-state index in [1.807, 2.05) is 32.0 Å². The van der Waals surface area contributed by atoms with E-state index in [0.717, 1.165) is 11.1 Å². The van der Waals surface area contributed by atoms with Gasteiger partial charge in [-0.05, 0) is 49.7 Å². The summed E-state index contributed by atoms with van der Waals surface area (Å²) in [6.45, 7) is 3.92. The summed E-state index contributed by atoms with van der Waals surface area (Å²) >= 11 is 5.97. The van der Waals surface area contributed by atoms with Crippen molar-refractivity contribution >= 4 is 34.2 Å². The number of amides is 1. The average molecular weight is 327 g/mol. The number of aryl methyl sites for hydroxylation is 2. The highest BCUT2D eigenvalue weighted by molar-refractivity contribution is 6.31. The number of carbonyl (C=O) groups excluding carboxylic acids is 1. The minimum Gasteiger partial charge on any atom is -0.438 e. The van der Waals surface area contributed by atoms with Crippen molar-refractivity contribution in [3.05, 3.63) is 69.7 Å². The summed E-state index contributed by atoms with van der Waals surface area (Å²) in [4.78, 5) is 12.5. The molecule has 4 nitrogen and oxygen atoms in total. The maximum atomic E-state index is 12.5. The molecule has 0 atom stereocenters. The molecule has 0 bridgehead atoms. The number of anilines is 1. The zero-order valence-corrected chi connectivity index (χ0v) is 13.5. The molecule has 0 aliphatic rings. The van der Waals surface area contributed by atoms with E-state index in [0.29, 0.717) is 21.7 Å². The molecule has 23 heavy (non-hydrogen) atoms. The van der Waals surface area contributed by atoms with Crippen LogP contribution in [0.2, 0.25) is 5.02 Å². The number of rotatable bonds is 2. The van der Waals surface area contributed by atoms with E-state index in [1.54, 1.807) is 24.3 Å². The molecule has 3 rings (SSSR count). The largest absolute Gasteiger partial charge is 0.438 e. The Morgan fingerprint density at radius 2 is 1.91 bits per heavy atom. The molecule has 116 valence electrons. The van der Waals surface area contributed by atoms with Crippen LogP contribution in [0, 0.1) is 19.3 Å². The maximum Gasteiger partial charge on any atom is 0.261 e. The second kappa shape index (κ2) is 5.89. The van der Waals surface area contributed by atoms with Crippen molar-refractivity contribution in [1.29, 1.82) is 5.41 Å². The minimum absolute atomic E-state index is 0.166. The standard InChI is InChI=1S/C18H15ClN2O2/c1-10-3-5-15(11(2)7-10)21-18(22)14-9-12-8-13(19)4-6-16(12)23-17(14)20/h3-9,20H,1-2H3,(H,21,22). The summed E-state index contributed by atoms with van der Waals surface area (Å²) < 4.78 is 5.40. The van der Waals surface area contributed by atoms with Gasteiger partial charge in [-0.2, -0.15) is 0 Å². The third kappa shape index (κ3) is 3.12. The van der Waals surface area contributed by atoms with Crippen LogP contribution in [0.15, 0.2) is 46.9 Å². The SMILES string of the molecule is Cc1ccc(NC(=O)c2cc3cc(Cl)ccc3oc2=N)c(C)c1. The molecule has 0 fully saturated rings. The van der Waals surface area contributed by atoms with Crippen LogP contribution in [-0.2, 0) is 0 Å². The minimum atomic E-state index is -0.382. The normalized spacial score (nSPS) is 10.7. The van der Waals surface area contributed by atoms with Crippen LogP contribution in [0.5, 0.6) is 0 Å². The van der Waals surface area contributed by atoms with Gasteiger partial charge in [0, 0.05) is 16.1 Å². The molecule has 1 amide bonds. The van der Waals surface area contributed by atoms with Crippen molar-refractivity contribution in [2.45, 2.75) is 13.8 Å². The van der Waals surface area contributed by atoms with Crippen molar-refractivity contribution in [2.75, 3.05) is 5.32 Å². The maximum absolute atomic E-state index is 12.5. The van der Waals surface area contributed by atoms with Gasteiger partial charge < -0.3 is 9.73 Å². The first-order valence-corrected chi connectivity index (χ1v) is 7.48. The first kappa shape index (κ1) is 15.3. The van der Waals surface area contributed by atoms with Gasteiger partial charge in [-0.1, -0.05) is 29.3 Å². The van der Waals surface area contributed by atoms with E-state index >= 15 is 0 Å². The van der Waals surface area contributed by atoms with Gasteiger partial charge in [-0.3, -0.25) is 10.2 Å². The van der Waals surface area contributed by atoms with Crippen molar-refractivity contribution in [3.63, 3.8) is 0 Å². The van der Waals surface area contributed by atoms with Gasteiger partial charge in [0.25, 0.3) is 5.91 Å². The summed E-state index contributed by atoms with van der Waals surface area (Å²) in [7, 11) is 0. The first-order valence-electron chi connectivity index (χ1n) is 7.10. The molecule has 2 N–H and O–H groups in total. The Kier molecular flexibility index (Phi) is 3.92. The highest BCUT2D eigenvalue weighted by Gasteiger charge is 2.13. The van der Waals surface area contributed by atoms with E-state index < -0.39 is 0 Å². The molecule has 2 aromatic carbocycles. The Labute approximate surface area is 138 Å². The van der Waals surface area contributed by atoms with E-state index in [2.05, 4.69) is 5.32 Å². The number of carbonyl (C=O) groups is 1. The number of benzene rings is 2. The zero-order chi connectivity index (χ0) is 16.6. The zero-order valence-electron chi connectivity index (χ0n) is 12.7. The van der Waals surface area contributed by atoms with Crippen LogP contribution in [0.1, 0.15) is 21.5 Å². The second-order valence-corrected chi connectivity index (χ2v) is 5.88. The first-order chi connectivity index (χ1) is 10.9. The number of halogens is 1. The molecular weight excluding hydrogens is 312 g/mol. The summed E-state index contributed by atoms with van der Waals surface area (Å²) in [5.74, 6) is -0.382.